The van der Waals surface area contributed by atoms with Crippen molar-refractivity contribution in [1.82, 2.24) is 21.4 Å². The van der Waals surface area contributed by atoms with Gasteiger partial charge in [0.15, 0.2) is 0 Å². The van der Waals surface area contributed by atoms with Gasteiger partial charge in [-0.25, -0.2) is 9.59 Å². The van der Waals surface area contributed by atoms with Gasteiger partial charge >= 0.3 is 12.2 Å². The summed E-state index contributed by atoms with van der Waals surface area (Å²) in [4.78, 5) is 36.5. The number of hydrogen-bond acceptors (Lipinski definition) is 10. The molecule has 1 heterocycles. The van der Waals surface area contributed by atoms with Gasteiger partial charge in [0.2, 0.25) is 5.91 Å². The van der Waals surface area contributed by atoms with Crippen LogP contribution in [-0.4, -0.2) is 99.3 Å². The zero-order valence-electron chi connectivity index (χ0n) is 27.7. The third kappa shape index (κ3) is 12.5. The lowest BCUT2D eigenvalue weighted by atomic mass is 9.68. The minimum absolute atomic E-state index is 0.00415. The summed E-state index contributed by atoms with van der Waals surface area (Å²) in [7, 11) is 1.63. The smallest absolute Gasteiger partial charge is 0.407 e. The number of alkyl carbamates (subject to hydrolysis) is 2. The average molecular weight is 629 g/mol. The van der Waals surface area contributed by atoms with Crippen molar-refractivity contribution >= 4 is 18.1 Å². The molecule has 0 radical (unpaired) electrons. The molecule has 3 unspecified atom stereocenters. The van der Waals surface area contributed by atoms with Crippen LogP contribution in [-0.2, 0) is 28.5 Å². The van der Waals surface area contributed by atoms with E-state index in [2.05, 4.69) is 16.0 Å². The summed E-state index contributed by atoms with van der Waals surface area (Å²) in [5.41, 5.74) is 2.06. The number of methoxy groups -OCH3 is 1. The molecule has 1 aliphatic heterocycles. The minimum Gasteiger partial charge on any atom is -0.447 e. The predicted molar refractivity (Wildman–Crippen MR) is 164 cm³/mol. The topological polar surface area (TPSA) is 169 Å². The number of nitrogens with one attached hydrogen (secondary N) is 4. The number of hydroxylamine groups is 1. The van der Waals surface area contributed by atoms with Crippen LogP contribution in [0.4, 0.5) is 9.59 Å². The Morgan fingerprint density at radius 3 is 2.30 bits per heavy atom. The lowest BCUT2D eigenvalue weighted by molar-refractivity contribution is -0.172. The minimum atomic E-state index is -0.585. The van der Waals surface area contributed by atoms with E-state index >= 15 is 0 Å². The lowest BCUT2D eigenvalue weighted by Crippen LogP contribution is -2.59. The monoisotopic (exact) mass is 628 g/mol. The third-order valence-corrected chi connectivity index (χ3v) is 8.29. The van der Waals surface area contributed by atoms with Crippen LogP contribution in [0.5, 0.6) is 0 Å². The average Bonchev–Trinajstić information content (AvgIpc) is 3.72. The molecule has 1 aliphatic carbocycles. The third-order valence-electron chi connectivity index (χ3n) is 8.29. The molecule has 5 N–H and O–H groups in total. The van der Waals surface area contributed by atoms with E-state index in [0.717, 1.165) is 32.1 Å². The second-order valence-electron chi connectivity index (χ2n) is 12.8. The normalized spacial score (nSPS) is 23.5. The maximum atomic E-state index is 13.0. The van der Waals surface area contributed by atoms with Crippen molar-refractivity contribution in [3.05, 3.63) is 11.6 Å². The molecule has 0 aromatic carbocycles. The van der Waals surface area contributed by atoms with Gasteiger partial charge in [0, 0.05) is 26.1 Å². The highest BCUT2D eigenvalue weighted by Gasteiger charge is 2.64. The molecule has 2 aliphatic rings. The van der Waals surface area contributed by atoms with E-state index in [1.54, 1.807) is 7.11 Å². The van der Waals surface area contributed by atoms with Crippen molar-refractivity contribution in [1.29, 1.82) is 0 Å². The number of carbonyl (C=O) groups excluding carboxylic acids is 3. The summed E-state index contributed by atoms with van der Waals surface area (Å²) in [6, 6.07) is -0.438. The van der Waals surface area contributed by atoms with Crippen LogP contribution in [0.1, 0.15) is 80.1 Å². The fraction of sp³-hybridized carbons (Fsp3) is 0.839. The van der Waals surface area contributed by atoms with Crippen LogP contribution in [0.2, 0.25) is 0 Å². The predicted octanol–water partition coefficient (Wildman–Crippen LogP) is 3.44. The van der Waals surface area contributed by atoms with E-state index < -0.39 is 36.0 Å². The van der Waals surface area contributed by atoms with Crippen molar-refractivity contribution in [2.75, 3.05) is 46.6 Å². The number of amides is 3. The molecule has 0 bridgehead atoms. The fourth-order valence-electron chi connectivity index (χ4n) is 5.69. The SMILES string of the molecule is COC1C(OC(=O)N[C@@H](COC(=O)NCCCCCCNC(=O)CNO)C(C)C)CC[C@]2(CO2)C1C(C)(C)OCC=C(C)C. The van der Waals surface area contributed by atoms with Crippen LogP contribution in [0.15, 0.2) is 11.6 Å². The quantitative estimate of drug-likeness (QED) is 0.0618. The van der Waals surface area contributed by atoms with Crippen molar-refractivity contribution in [3.8, 4) is 0 Å². The molecule has 254 valence electrons. The molecule has 2 fully saturated rings. The van der Waals surface area contributed by atoms with Gasteiger partial charge in [-0.3, -0.25) is 4.79 Å². The summed E-state index contributed by atoms with van der Waals surface area (Å²) in [5, 5.41) is 16.8. The number of allylic oxidation sites excluding steroid dienone is 1. The van der Waals surface area contributed by atoms with Crippen molar-refractivity contribution in [3.63, 3.8) is 0 Å². The molecule has 0 aromatic heterocycles. The molecule has 1 saturated heterocycles. The first-order chi connectivity index (χ1) is 20.8. The molecular weight excluding hydrogens is 572 g/mol. The van der Waals surface area contributed by atoms with E-state index in [1.807, 2.05) is 53.1 Å². The Labute approximate surface area is 262 Å². The molecule has 1 saturated carbocycles. The van der Waals surface area contributed by atoms with Gasteiger partial charge in [0.25, 0.3) is 0 Å². The first-order valence-corrected chi connectivity index (χ1v) is 15.8. The van der Waals surface area contributed by atoms with Crippen LogP contribution in [0.3, 0.4) is 0 Å². The van der Waals surface area contributed by atoms with Crippen LogP contribution >= 0.6 is 0 Å². The number of ether oxygens (including phenoxy) is 5. The second-order valence-corrected chi connectivity index (χ2v) is 12.8. The maximum absolute atomic E-state index is 13.0. The van der Waals surface area contributed by atoms with E-state index in [-0.39, 0.29) is 36.5 Å². The highest BCUT2D eigenvalue weighted by atomic mass is 16.6. The van der Waals surface area contributed by atoms with Gasteiger partial charge in [-0.15, -0.1) is 0 Å². The number of rotatable bonds is 19. The zero-order chi connectivity index (χ0) is 32.8. The molecule has 3 amide bonds. The number of epoxide rings is 1. The summed E-state index contributed by atoms with van der Waals surface area (Å²) in [6.45, 7) is 14.0. The van der Waals surface area contributed by atoms with E-state index in [9.17, 15) is 14.4 Å². The molecule has 2 rings (SSSR count). The Morgan fingerprint density at radius 2 is 1.73 bits per heavy atom. The van der Waals surface area contributed by atoms with Crippen molar-refractivity contribution < 1.29 is 43.3 Å². The summed E-state index contributed by atoms with van der Waals surface area (Å²) < 4.78 is 29.5. The van der Waals surface area contributed by atoms with Crippen LogP contribution in [0, 0.1) is 11.8 Å². The molecule has 5 atom stereocenters. The van der Waals surface area contributed by atoms with Gasteiger partial charge in [0.1, 0.15) is 18.8 Å². The zero-order valence-corrected chi connectivity index (χ0v) is 27.7. The Hall–Kier alpha value is -2.45. The Balaban J connectivity index is 1.79. The Bertz CT molecular complexity index is 935. The number of unbranched alkanes of at least 4 members (excludes halogenated alkanes) is 3. The maximum Gasteiger partial charge on any atom is 0.407 e. The van der Waals surface area contributed by atoms with Crippen molar-refractivity contribution in [2.45, 2.75) is 110 Å². The summed E-state index contributed by atoms with van der Waals surface area (Å²) >= 11 is 0. The van der Waals surface area contributed by atoms with Gasteiger partial charge in [-0.1, -0.05) is 38.3 Å². The standard InChI is InChI=1S/C31H56N4O9/c1-21(2)13-17-42-30(5,6)27-26(40-7)24(12-14-31(27)20-43-31)44-29(38)35-23(22(3)4)19-41-28(37)33-16-11-9-8-10-15-32-25(36)18-34-39/h13,22-24,26-27,34,39H,8-12,14-20H2,1-7H3,(H,32,36)(H,33,37)(H,35,38)/t23-,24?,26?,27?,31-/m0/s1. The first-order valence-electron chi connectivity index (χ1n) is 15.8. The molecule has 0 aromatic rings. The van der Waals surface area contributed by atoms with Crippen LogP contribution < -0.4 is 21.4 Å². The van der Waals surface area contributed by atoms with Gasteiger partial charge in [0.05, 0.1) is 37.0 Å². The summed E-state index contributed by atoms with van der Waals surface area (Å²) in [5.74, 6) is -0.407. The van der Waals surface area contributed by atoms with Crippen LogP contribution in [0.25, 0.3) is 0 Å². The largest absolute Gasteiger partial charge is 0.447 e. The van der Waals surface area contributed by atoms with Gasteiger partial charge in [-0.05, 0) is 59.3 Å². The molecule has 44 heavy (non-hydrogen) atoms. The highest BCUT2D eigenvalue weighted by Crippen LogP contribution is 2.52. The van der Waals surface area contributed by atoms with E-state index in [1.165, 1.54) is 5.57 Å². The molecule has 1 spiro atoms. The Kier molecular flexibility index (Phi) is 15.9. The van der Waals surface area contributed by atoms with E-state index in [0.29, 0.717) is 32.7 Å². The Morgan fingerprint density at radius 1 is 1.07 bits per heavy atom. The van der Waals surface area contributed by atoms with Gasteiger partial charge in [-0.2, -0.15) is 5.48 Å². The lowest BCUT2D eigenvalue weighted by Gasteiger charge is -2.47. The number of carbonyl (C=O) groups is 3. The fourth-order valence-corrected chi connectivity index (χ4v) is 5.69. The van der Waals surface area contributed by atoms with Crippen molar-refractivity contribution in [2.24, 2.45) is 11.8 Å². The molecular formula is C31H56N4O9. The second kappa shape index (κ2) is 18.5. The molecule has 13 nitrogen and oxygen atoms in total. The molecule has 13 heteroatoms. The highest BCUT2D eigenvalue weighted by molar-refractivity contribution is 5.77. The first kappa shape index (κ1) is 37.7. The number of hydrogen-bond donors (Lipinski definition) is 5. The summed E-state index contributed by atoms with van der Waals surface area (Å²) in [6.07, 6.45) is 4.69. The van der Waals surface area contributed by atoms with Gasteiger partial charge < -0.3 is 44.8 Å². The van der Waals surface area contributed by atoms with E-state index in [4.69, 9.17) is 28.9 Å².